The maximum absolute atomic E-state index is 5.56. The normalized spacial score (nSPS) is 32.1. The van der Waals surface area contributed by atoms with Crippen LogP contribution in [-0.2, 0) is 13.0 Å². The fraction of sp³-hybridized carbons (Fsp3) is 0.625. The lowest BCUT2D eigenvalue weighted by atomic mass is 9.84. The van der Waals surface area contributed by atoms with Crippen LogP contribution < -0.4 is 10.1 Å². The van der Waals surface area contributed by atoms with Crippen LogP contribution in [0.25, 0.3) is 0 Å². The summed E-state index contributed by atoms with van der Waals surface area (Å²) in [6.07, 6.45) is 3.84. The molecule has 19 heavy (non-hydrogen) atoms. The first kappa shape index (κ1) is 11.7. The lowest BCUT2D eigenvalue weighted by Gasteiger charge is -2.45. The Labute approximate surface area is 114 Å². The summed E-state index contributed by atoms with van der Waals surface area (Å²) in [5, 5.41) is 3.78. The Morgan fingerprint density at radius 3 is 2.95 bits per heavy atom. The number of rotatable bonds is 3. The number of ether oxygens (including phenoxy) is 1. The molecule has 1 atom stereocenters. The van der Waals surface area contributed by atoms with Crippen LogP contribution in [0.5, 0.6) is 5.75 Å². The highest BCUT2D eigenvalue weighted by molar-refractivity contribution is 5.39. The molecule has 4 aliphatic rings. The highest BCUT2D eigenvalue weighted by Gasteiger charge is 2.33. The summed E-state index contributed by atoms with van der Waals surface area (Å²) in [5.41, 5.74) is 2.79. The standard InChI is InChI=1S/C16H22N2O/c1-2-16-14(5-8-19-16)9-12(1)10-17-15-11-18-6-3-13(15)4-7-18/h1-2,9,13,15,17H,3-8,10-11H2. The van der Waals surface area contributed by atoms with Crippen molar-refractivity contribution in [3.63, 3.8) is 0 Å². The van der Waals surface area contributed by atoms with E-state index in [1.165, 1.54) is 43.6 Å². The van der Waals surface area contributed by atoms with Crippen molar-refractivity contribution in [1.29, 1.82) is 0 Å². The molecule has 1 aromatic rings. The van der Waals surface area contributed by atoms with Crippen LogP contribution in [0.2, 0.25) is 0 Å². The van der Waals surface area contributed by atoms with Crippen molar-refractivity contribution in [1.82, 2.24) is 10.2 Å². The van der Waals surface area contributed by atoms with E-state index in [1.807, 2.05) is 0 Å². The van der Waals surface area contributed by atoms with E-state index in [0.717, 1.165) is 31.2 Å². The van der Waals surface area contributed by atoms with Crippen molar-refractivity contribution in [2.45, 2.75) is 31.8 Å². The van der Waals surface area contributed by atoms with E-state index in [-0.39, 0.29) is 0 Å². The van der Waals surface area contributed by atoms with Gasteiger partial charge in [-0.25, -0.2) is 0 Å². The molecule has 0 saturated carbocycles. The smallest absolute Gasteiger partial charge is 0.122 e. The Bertz CT molecular complexity index is 466. The van der Waals surface area contributed by atoms with Crippen molar-refractivity contribution in [3.05, 3.63) is 29.3 Å². The molecule has 1 aromatic carbocycles. The Hall–Kier alpha value is -1.06. The second-order valence-electron chi connectivity index (χ2n) is 6.17. The minimum atomic E-state index is 0.701. The molecule has 0 amide bonds. The Balaban J connectivity index is 1.39. The molecule has 4 heterocycles. The van der Waals surface area contributed by atoms with Crippen molar-refractivity contribution in [2.24, 2.45) is 5.92 Å². The number of piperidine rings is 3. The van der Waals surface area contributed by atoms with E-state index >= 15 is 0 Å². The summed E-state index contributed by atoms with van der Waals surface area (Å²) in [7, 11) is 0. The average Bonchev–Trinajstić information content (AvgIpc) is 2.94. The summed E-state index contributed by atoms with van der Waals surface area (Å²) < 4.78 is 5.56. The molecule has 3 saturated heterocycles. The fourth-order valence-electron chi connectivity index (χ4n) is 3.80. The molecule has 3 fully saturated rings. The second kappa shape index (κ2) is 4.80. The third kappa shape index (κ3) is 2.26. The summed E-state index contributed by atoms with van der Waals surface area (Å²) in [4.78, 5) is 2.61. The van der Waals surface area contributed by atoms with Gasteiger partial charge in [0, 0.05) is 25.6 Å². The van der Waals surface area contributed by atoms with Gasteiger partial charge in [0.25, 0.3) is 0 Å². The largest absolute Gasteiger partial charge is 0.493 e. The summed E-state index contributed by atoms with van der Waals surface area (Å²) in [6, 6.07) is 7.36. The first-order valence-electron chi connectivity index (χ1n) is 7.59. The molecule has 0 aromatic heterocycles. The van der Waals surface area contributed by atoms with Gasteiger partial charge in [0.2, 0.25) is 0 Å². The molecule has 1 unspecified atom stereocenters. The molecule has 5 rings (SSSR count). The van der Waals surface area contributed by atoms with Gasteiger partial charge in [-0.1, -0.05) is 12.1 Å². The molecule has 0 spiro atoms. The SMILES string of the molecule is c1cc2c(cc1CNC1CN3CCC1CC3)CCO2. The summed E-state index contributed by atoms with van der Waals surface area (Å²) >= 11 is 0. The van der Waals surface area contributed by atoms with E-state index in [2.05, 4.69) is 28.4 Å². The molecular weight excluding hydrogens is 236 g/mol. The first-order valence-corrected chi connectivity index (χ1v) is 7.59. The maximum atomic E-state index is 5.56. The summed E-state index contributed by atoms with van der Waals surface area (Å²) in [5.74, 6) is 1.99. The molecule has 102 valence electrons. The zero-order chi connectivity index (χ0) is 12.7. The van der Waals surface area contributed by atoms with Gasteiger partial charge in [0.1, 0.15) is 5.75 Å². The minimum absolute atomic E-state index is 0.701. The van der Waals surface area contributed by atoms with Gasteiger partial charge in [-0.15, -0.1) is 0 Å². The number of benzene rings is 1. The second-order valence-corrected chi connectivity index (χ2v) is 6.17. The number of nitrogens with one attached hydrogen (secondary N) is 1. The molecule has 0 aliphatic carbocycles. The van der Waals surface area contributed by atoms with E-state index in [9.17, 15) is 0 Å². The van der Waals surface area contributed by atoms with Crippen LogP contribution in [0, 0.1) is 5.92 Å². The fourth-order valence-corrected chi connectivity index (χ4v) is 3.80. The van der Waals surface area contributed by atoms with Gasteiger partial charge in [0.05, 0.1) is 6.61 Å². The molecular formula is C16H22N2O. The third-order valence-electron chi connectivity index (χ3n) is 4.98. The lowest BCUT2D eigenvalue weighted by Crippen LogP contribution is -2.55. The number of nitrogens with zero attached hydrogens (tertiary/aromatic N) is 1. The predicted molar refractivity (Wildman–Crippen MR) is 75.4 cm³/mol. The van der Waals surface area contributed by atoms with Gasteiger partial charge in [-0.2, -0.15) is 0 Å². The highest BCUT2D eigenvalue weighted by Crippen LogP contribution is 2.28. The maximum Gasteiger partial charge on any atom is 0.122 e. The molecule has 3 heteroatoms. The van der Waals surface area contributed by atoms with Crippen LogP contribution in [0.4, 0.5) is 0 Å². The zero-order valence-electron chi connectivity index (χ0n) is 11.4. The van der Waals surface area contributed by atoms with Crippen molar-refractivity contribution in [3.8, 4) is 5.75 Å². The van der Waals surface area contributed by atoms with Gasteiger partial charge in [-0.05, 0) is 49.0 Å². The van der Waals surface area contributed by atoms with Crippen LogP contribution in [-0.4, -0.2) is 37.2 Å². The Morgan fingerprint density at radius 2 is 2.16 bits per heavy atom. The van der Waals surface area contributed by atoms with E-state index < -0.39 is 0 Å². The molecule has 2 bridgehead atoms. The topological polar surface area (TPSA) is 24.5 Å². The van der Waals surface area contributed by atoms with Crippen molar-refractivity contribution < 1.29 is 4.74 Å². The quantitative estimate of drug-likeness (QED) is 0.895. The predicted octanol–water partition coefficient (Wildman–Crippen LogP) is 1.81. The van der Waals surface area contributed by atoms with Crippen molar-refractivity contribution >= 4 is 0 Å². The van der Waals surface area contributed by atoms with Gasteiger partial charge in [0.15, 0.2) is 0 Å². The zero-order valence-corrected chi connectivity index (χ0v) is 11.4. The van der Waals surface area contributed by atoms with Crippen LogP contribution >= 0.6 is 0 Å². The Morgan fingerprint density at radius 1 is 1.26 bits per heavy atom. The summed E-state index contributed by atoms with van der Waals surface area (Å²) in [6.45, 7) is 5.74. The molecule has 0 radical (unpaired) electrons. The van der Waals surface area contributed by atoms with Crippen LogP contribution in [0.15, 0.2) is 18.2 Å². The van der Waals surface area contributed by atoms with Crippen LogP contribution in [0.3, 0.4) is 0 Å². The van der Waals surface area contributed by atoms with E-state index in [4.69, 9.17) is 4.74 Å². The third-order valence-corrected chi connectivity index (χ3v) is 4.98. The van der Waals surface area contributed by atoms with E-state index in [0.29, 0.717) is 6.04 Å². The minimum Gasteiger partial charge on any atom is -0.493 e. The molecule has 3 nitrogen and oxygen atoms in total. The van der Waals surface area contributed by atoms with Crippen molar-refractivity contribution in [2.75, 3.05) is 26.2 Å². The van der Waals surface area contributed by atoms with Crippen LogP contribution in [0.1, 0.15) is 24.0 Å². The Kier molecular flexibility index (Phi) is 2.97. The monoisotopic (exact) mass is 258 g/mol. The molecule has 1 N–H and O–H groups in total. The van der Waals surface area contributed by atoms with Gasteiger partial charge in [-0.3, -0.25) is 0 Å². The average molecular weight is 258 g/mol. The number of hydrogen-bond acceptors (Lipinski definition) is 3. The van der Waals surface area contributed by atoms with E-state index in [1.54, 1.807) is 0 Å². The first-order chi connectivity index (χ1) is 9.38. The van der Waals surface area contributed by atoms with Gasteiger partial charge < -0.3 is 15.0 Å². The lowest BCUT2D eigenvalue weighted by molar-refractivity contribution is 0.0720. The molecule has 4 aliphatic heterocycles. The number of hydrogen-bond donors (Lipinski definition) is 1. The van der Waals surface area contributed by atoms with Gasteiger partial charge >= 0.3 is 0 Å². The number of fused-ring (bicyclic) bond motifs is 4. The highest BCUT2D eigenvalue weighted by atomic mass is 16.5.